The summed E-state index contributed by atoms with van der Waals surface area (Å²) in [5.41, 5.74) is -0.734. The second-order valence-electron chi connectivity index (χ2n) is 7.65. The van der Waals surface area contributed by atoms with Crippen molar-refractivity contribution in [3.05, 3.63) is 63.3 Å². The molecule has 1 amide bonds. The standard InChI is InChI=1S/C24H25Cl2NO7/c1-6-32-13-33-27-22(28)19(15-11-10-14(25)12-16(15)26)21(24(27,2)3)34-23(29)20-17(30-4)8-7-9-18(20)31-5/h7-12H,6,13H2,1-5H3. The number of benzene rings is 2. The number of nitrogens with zero attached hydrogens (tertiary/aromatic N) is 1. The molecule has 0 saturated carbocycles. The van der Waals surface area contributed by atoms with Gasteiger partial charge in [-0.15, -0.1) is 0 Å². The number of rotatable bonds is 9. The van der Waals surface area contributed by atoms with Crippen LogP contribution in [0.15, 0.2) is 42.2 Å². The quantitative estimate of drug-likeness (QED) is 0.263. The molecule has 8 nitrogen and oxygen atoms in total. The van der Waals surface area contributed by atoms with Gasteiger partial charge in [0.2, 0.25) is 0 Å². The molecule has 182 valence electrons. The van der Waals surface area contributed by atoms with Crippen molar-refractivity contribution in [3.8, 4) is 11.5 Å². The highest BCUT2D eigenvalue weighted by molar-refractivity contribution is 6.38. The van der Waals surface area contributed by atoms with Crippen LogP contribution in [0, 0.1) is 0 Å². The Balaban J connectivity index is 2.14. The molecule has 0 spiro atoms. The van der Waals surface area contributed by atoms with Gasteiger partial charge in [0.05, 0.1) is 24.8 Å². The third kappa shape index (κ3) is 4.86. The van der Waals surface area contributed by atoms with E-state index in [0.29, 0.717) is 17.2 Å². The lowest BCUT2D eigenvalue weighted by Gasteiger charge is -2.31. The maximum Gasteiger partial charge on any atom is 0.350 e. The summed E-state index contributed by atoms with van der Waals surface area (Å²) < 4.78 is 21.8. The summed E-state index contributed by atoms with van der Waals surface area (Å²) in [6, 6.07) is 9.55. The lowest BCUT2D eigenvalue weighted by atomic mass is 9.99. The number of amides is 1. The minimum Gasteiger partial charge on any atom is -0.496 e. The van der Waals surface area contributed by atoms with Crippen LogP contribution in [0.25, 0.3) is 5.57 Å². The molecule has 2 aromatic rings. The normalized spacial score (nSPS) is 15.0. The largest absolute Gasteiger partial charge is 0.496 e. The number of carbonyl (C=O) groups is 2. The van der Waals surface area contributed by atoms with Gasteiger partial charge in [0.15, 0.2) is 6.79 Å². The van der Waals surface area contributed by atoms with Crippen molar-refractivity contribution in [2.45, 2.75) is 26.3 Å². The van der Waals surface area contributed by atoms with Crippen LogP contribution in [-0.2, 0) is 19.1 Å². The highest BCUT2D eigenvalue weighted by Gasteiger charge is 2.50. The predicted octanol–water partition coefficient (Wildman–Crippen LogP) is 5.13. The molecule has 0 fully saturated rings. The van der Waals surface area contributed by atoms with Crippen molar-refractivity contribution in [2.24, 2.45) is 0 Å². The Hall–Kier alpha value is -2.78. The monoisotopic (exact) mass is 509 g/mol. The average molecular weight is 510 g/mol. The molecule has 0 saturated heterocycles. The van der Waals surface area contributed by atoms with E-state index < -0.39 is 17.4 Å². The van der Waals surface area contributed by atoms with Crippen LogP contribution in [0.4, 0.5) is 0 Å². The smallest absolute Gasteiger partial charge is 0.350 e. The van der Waals surface area contributed by atoms with Crippen LogP contribution < -0.4 is 9.47 Å². The fraction of sp³-hybridized carbons (Fsp3) is 0.333. The predicted molar refractivity (Wildman–Crippen MR) is 127 cm³/mol. The maximum absolute atomic E-state index is 13.5. The van der Waals surface area contributed by atoms with E-state index in [-0.39, 0.29) is 40.2 Å². The van der Waals surface area contributed by atoms with Gasteiger partial charge in [0.25, 0.3) is 5.91 Å². The first-order valence-corrected chi connectivity index (χ1v) is 11.1. The first-order valence-electron chi connectivity index (χ1n) is 10.4. The van der Waals surface area contributed by atoms with Crippen molar-refractivity contribution in [1.82, 2.24) is 5.06 Å². The topological polar surface area (TPSA) is 83.5 Å². The molecule has 0 aliphatic carbocycles. The summed E-state index contributed by atoms with van der Waals surface area (Å²) in [5.74, 6) is -0.787. The summed E-state index contributed by atoms with van der Waals surface area (Å²) in [6.07, 6.45) is 0. The van der Waals surface area contributed by atoms with Crippen LogP contribution in [0.1, 0.15) is 36.7 Å². The number of hydroxylamine groups is 2. The van der Waals surface area contributed by atoms with Gasteiger partial charge in [-0.05, 0) is 45.0 Å². The molecule has 0 N–H and O–H groups in total. The zero-order valence-corrected chi connectivity index (χ0v) is 21.0. The zero-order valence-electron chi connectivity index (χ0n) is 19.4. The van der Waals surface area contributed by atoms with E-state index in [4.69, 9.17) is 47.0 Å². The fourth-order valence-corrected chi connectivity index (χ4v) is 4.05. The van der Waals surface area contributed by atoms with Gasteiger partial charge < -0.3 is 18.9 Å². The first-order chi connectivity index (χ1) is 16.2. The lowest BCUT2D eigenvalue weighted by molar-refractivity contribution is -0.242. The van der Waals surface area contributed by atoms with Crippen LogP contribution in [0.2, 0.25) is 10.0 Å². The van der Waals surface area contributed by atoms with Crippen molar-refractivity contribution in [2.75, 3.05) is 27.6 Å². The van der Waals surface area contributed by atoms with E-state index in [1.165, 1.54) is 20.3 Å². The second-order valence-corrected chi connectivity index (χ2v) is 8.50. The van der Waals surface area contributed by atoms with Crippen molar-refractivity contribution in [3.63, 3.8) is 0 Å². The third-order valence-corrected chi connectivity index (χ3v) is 5.73. The Labute approximate surface area is 207 Å². The Morgan fingerprint density at radius 1 is 1.06 bits per heavy atom. The van der Waals surface area contributed by atoms with Gasteiger partial charge in [-0.3, -0.25) is 4.79 Å². The Morgan fingerprint density at radius 2 is 1.71 bits per heavy atom. The van der Waals surface area contributed by atoms with E-state index in [0.717, 1.165) is 5.06 Å². The molecule has 0 aromatic heterocycles. The lowest BCUT2D eigenvalue weighted by Crippen LogP contribution is -2.44. The highest BCUT2D eigenvalue weighted by Crippen LogP contribution is 2.44. The summed E-state index contributed by atoms with van der Waals surface area (Å²) in [4.78, 5) is 32.5. The first kappa shape index (κ1) is 25.8. The SMILES string of the molecule is CCOCON1C(=O)C(c2ccc(Cl)cc2Cl)=C(OC(=O)c2c(OC)cccc2OC)C1(C)C. The van der Waals surface area contributed by atoms with E-state index in [2.05, 4.69) is 0 Å². The molecule has 1 heterocycles. The number of methoxy groups -OCH3 is 2. The van der Waals surface area contributed by atoms with E-state index in [1.807, 2.05) is 0 Å². The minimum atomic E-state index is -1.20. The molecule has 0 radical (unpaired) electrons. The van der Waals surface area contributed by atoms with Gasteiger partial charge in [-0.2, -0.15) is 0 Å². The minimum absolute atomic E-state index is 0.0381. The molecular weight excluding hydrogens is 485 g/mol. The van der Waals surface area contributed by atoms with Crippen LogP contribution in [-0.4, -0.2) is 50.1 Å². The van der Waals surface area contributed by atoms with Crippen LogP contribution >= 0.6 is 23.2 Å². The van der Waals surface area contributed by atoms with Gasteiger partial charge in [-0.1, -0.05) is 35.3 Å². The van der Waals surface area contributed by atoms with E-state index in [9.17, 15) is 9.59 Å². The molecule has 34 heavy (non-hydrogen) atoms. The molecule has 10 heteroatoms. The Kier molecular flexibility index (Phi) is 8.09. The number of esters is 1. The van der Waals surface area contributed by atoms with Gasteiger partial charge in [0, 0.05) is 17.2 Å². The fourth-order valence-electron chi connectivity index (χ4n) is 3.55. The number of ether oxygens (including phenoxy) is 4. The second kappa shape index (κ2) is 10.7. The summed E-state index contributed by atoms with van der Waals surface area (Å²) >= 11 is 12.5. The Bertz CT molecular complexity index is 1110. The maximum atomic E-state index is 13.5. The number of carbonyl (C=O) groups excluding carboxylic acids is 2. The molecule has 2 aromatic carbocycles. The van der Waals surface area contributed by atoms with E-state index in [1.54, 1.807) is 51.1 Å². The number of hydrogen-bond donors (Lipinski definition) is 0. The van der Waals surface area contributed by atoms with Gasteiger partial charge in [-0.25, -0.2) is 14.7 Å². The molecule has 1 aliphatic heterocycles. The molecular formula is C24H25Cl2NO7. The summed E-state index contributed by atoms with van der Waals surface area (Å²) in [6.45, 7) is 5.37. The van der Waals surface area contributed by atoms with Crippen molar-refractivity contribution < 1.29 is 33.4 Å². The van der Waals surface area contributed by atoms with Gasteiger partial charge >= 0.3 is 5.97 Å². The molecule has 1 aliphatic rings. The third-order valence-electron chi connectivity index (χ3n) is 5.19. The van der Waals surface area contributed by atoms with Crippen molar-refractivity contribution in [1.29, 1.82) is 0 Å². The average Bonchev–Trinajstić information content (AvgIpc) is 2.98. The van der Waals surface area contributed by atoms with E-state index >= 15 is 0 Å². The zero-order chi connectivity index (χ0) is 25.0. The molecule has 0 unspecified atom stereocenters. The number of hydrogen-bond acceptors (Lipinski definition) is 7. The Morgan fingerprint density at radius 3 is 2.26 bits per heavy atom. The van der Waals surface area contributed by atoms with Crippen molar-refractivity contribution >= 4 is 40.7 Å². The van der Waals surface area contributed by atoms with Gasteiger partial charge in [0.1, 0.15) is 28.4 Å². The molecule has 0 bridgehead atoms. The summed E-state index contributed by atoms with van der Waals surface area (Å²) in [5, 5.41) is 1.70. The number of halogens is 2. The van der Waals surface area contributed by atoms with Crippen LogP contribution in [0.5, 0.6) is 11.5 Å². The summed E-state index contributed by atoms with van der Waals surface area (Å²) in [7, 11) is 2.85. The molecule has 3 rings (SSSR count). The highest BCUT2D eigenvalue weighted by atomic mass is 35.5. The molecule has 0 atom stereocenters. The van der Waals surface area contributed by atoms with Crippen LogP contribution in [0.3, 0.4) is 0 Å².